The summed E-state index contributed by atoms with van der Waals surface area (Å²) in [5.74, 6) is 0.366. The average Bonchev–Trinajstić information content (AvgIpc) is 3.21. The minimum absolute atomic E-state index is 0.931. The second-order valence-electron chi connectivity index (χ2n) is 8.60. The zero-order valence-electron chi connectivity index (χ0n) is 21.8. The van der Waals surface area contributed by atoms with Gasteiger partial charge in [0.15, 0.2) is 0 Å². The number of hydrogen-bond acceptors (Lipinski definition) is 5. The third kappa shape index (κ3) is 9.18. The highest BCUT2D eigenvalue weighted by Gasteiger charge is 2.38. The summed E-state index contributed by atoms with van der Waals surface area (Å²) in [6.45, 7) is 7.52. The maximum Gasteiger partial charge on any atom is 0.490 e. The molecule has 3 aromatic rings. The van der Waals surface area contributed by atoms with E-state index < -0.39 is 12.1 Å². The molecule has 37 heavy (non-hydrogen) atoms. The van der Waals surface area contributed by atoms with E-state index in [9.17, 15) is 13.2 Å². The lowest BCUT2D eigenvalue weighted by molar-refractivity contribution is -0.192. The molecule has 2 heterocycles. The van der Waals surface area contributed by atoms with Crippen molar-refractivity contribution in [2.24, 2.45) is 0 Å². The Morgan fingerprint density at radius 3 is 2.43 bits per heavy atom. The molecule has 2 aromatic heterocycles. The number of benzene rings is 1. The number of fused-ring (bicyclic) bond motifs is 1. The molecule has 0 unspecified atom stereocenters. The zero-order valence-corrected chi connectivity index (χ0v) is 22.6. The summed E-state index contributed by atoms with van der Waals surface area (Å²) in [7, 11) is 1.76. The van der Waals surface area contributed by atoms with Gasteiger partial charge in [-0.05, 0) is 49.3 Å². The number of aliphatic carboxylic acids is 1. The van der Waals surface area contributed by atoms with Crippen molar-refractivity contribution < 1.29 is 27.8 Å². The van der Waals surface area contributed by atoms with Crippen LogP contribution in [0.5, 0.6) is 5.75 Å². The van der Waals surface area contributed by atoms with Gasteiger partial charge in [0.05, 0.1) is 7.11 Å². The number of pyridine rings is 1. The maximum atomic E-state index is 10.6. The molecule has 0 aliphatic carbocycles. The predicted octanol–water partition coefficient (Wildman–Crippen LogP) is 7.84. The van der Waals surface area contributed by atoms with Crippen LogP contribution in [-0.4, -0.2) is 46.0 Å². The van der Waals surface area contributed by atoms with Crippen LogP contribution in [-0.2, 0) is 4.79 Å². The number of aryl methyl sites for hydroxylation is 1. The van der Waals surface area contributed by atoms with E-state index in [1.807, 2.05) is 11.8 Å². The Hall–Kier alpha value is -2.88. The molecule has 0 aliphatic rings. The molecule has 6 nitrogen and oxygen atoms in total. The Balaban J connectivity index is 0.000000604. The van der Waals surface area contributed by atoms with E-state index in [4.69, 9.17) is 19.6 Å². The Labute approximate surface area is 220 Å². The van der Waals surface area contributed by atoms with E-state index >= 15 is 0 Å². The molecule has 0 saturated heterocycles. The van der Waals surface area contributed by atoms with Gasteiger partial charge >= 0.3 is 12.1 Å². The molecule has 1 aromatic carbocycles. The molecular formula is C27H36F3N3O3S. The number of carboxylic acids is 1. The summed E-state index contributed by atoms with van der Waals surface area (Å²) in [6, 6.07) is 10.7. The van der Waals surface area contributed by atoms with Gasteiger partial charge < -0.3 is 15.2 Å². The van der Waals surface area contributed by atoms with Crippen LogP contribution < -0.4 is 10.1 Å². The Kier molecular flexibility index (Phi) is 12.1. The number of anilines is 1. The Morgan fingerprint density at radius 2 is 1.81 bits per heavy atom. The van der Waals surface area contributed by atoms with Crippen LogP contribution in [0, 0.1) is 6.92 Å². The van der Waals surface area contributed by atoms with Gasteiger partial charge in [-0.1, -0.05) is 51.7 Å². The smallest absolute Gasteiger partial charge is 0.490 e. The number of imidazole rings is 1. The molecule has 3 rings (SSSR count). The van der Waals surface area contributed by atoms with E-state index in [0.717, 1.165) is 53.6 Å². The number of methoxy groups -OCH3 is 1. The topological polar surface area (TPSA) is 75.9 Å². The zero-order chi connectivity index (χ0) is 27.4. The first kappa shape index (κ1) is 30.3. The minimum Gasteiger partial charge on any atom is -0.496 e. The molecular weight excluding hydrogens is 503 g/mol. The number of rotatable bonds is 12. The van der Waals surface area contributed by atoms with Crippen molar-refractivity contribution in [3.8, 4) is 17.0 Å². The van der Waals surface area contributed by atoms with Gasteiger partial charge in [0.25, 0.3) is 0 Å². The summed E-state index contributed by atoms with van der Waals surface area (Å²) in [5.41, 5.74) is 4.25. The van der Waals surface area contributed by atoms with E-state index in [0.29, 0.717) is 0 Å². The number of carboxylic acid groups (broad SMARTS) is 1. The van der Waals surface area contributed by atoms with Gasteiger partial charge in [0.2, 0.25) is 0 Å². The van der Waals surface area contributed by atoms with Crippen LogP contribution in [0.1, 0.15) is 57.9 Å². The number of halogens is 3. The van der Waals surface area contributed by atoms with Gasteiger partial charge in [-0.3, -0.25) is 4.40 Å². The molecule has 0 bridgehead atoms. The van der Waals surface area contributed by atoms with Crippen molar-refractivity contribution in [2.75, 3.05) is 24.7 Å². The van der Waals surface area contributed by atoms with Crippen molar-refractivity contribution in [3.63, 3.8) is 0 Å². The minimum atomic E-state index is -5.08. The molecule has 0 amide bonds. The summed E-state index contributed by atoms with van der Waals surface area (Å²) >= 11 is 1.89. The first-order valence-electron chi connectivity index (χ1n) is 12.5. The molecule has 2 N–H and O–H groups in total. The SMILES string of the molecule is CCCCCCSc1ccc(-c2nc3ccc(C)cn3c2NCCCC)cc1OC.O=C(O)C(F)(F)F. The standard InChI is InChI=1S/C25H35N3OS.C2HF3O2/c1-5-7-9-10-16-30-22-13-12-20(17-21(22)29-4)24-25(26-15-8-6-2)28-18-19(3)11-14-23(28)27-24;3-2(4,5)1(6)7/h11-14,17-18,26H,5-10,15-16H2,1-4H3;(H,6,7). The fourth-order valence-electron chi connectivity index (χ4n) is 3.55. The van der Waals surface area contributed by atoms with E-state index in [1.165, 1.54) is 36.1 Å². The largest absolute Gasteiger partial charge is 0.496 e. The van der Waals surface area contributed by atoms with Crippen molar-refractivity contribution in [1.29, 1.82) is 0 Å². The van der Waals surface area contributed by atoms with E-state index in [1.54, 1.807) is 7.11 Å². The first-order valence-corrected chi connectivity index (χ1v) is 13.4. The van der Waals surface area contributed by atoms with Gasteiger partial charge in [-0.25, -0.2) is 9.78 Å². The lowest BCUT2D eigenvalue weighted by atomic mass is 10.1. The molecule has 0 aliphatic heterocycles. The highest BCUT2D eigenvalue weighted by atomic mass is 32.2. The fraction of sp³-hybridized carbons (Fsp3) is 0.481. The molecule has 0 radical (unpaired) electrons. The van der Waals surface area contributed by atoms with Crippen LogP contribution in [0.3, 0.4) is 0 Å². The fourth-order valence-corrected chi connectivity index (χ4v) is 4.57. The third-order valence-electron chi connectivity index (χ3n) is 5.52. The summed E-state index contributed by atoms with van der Waals surface area (Å²) in [4.78, 5) is 15.0. The van der Waals surface area contributed by atoms with Gasteiger partial charge in [-0.2, -0.15) is 13.2 Å². The quantitative estimate of drug-likeness (QED) is 0.180. The summed E-state index contributed by atoms with van der Waals surface area (Å²) < 4.78 is 39.6. The van der Waals surface area contributed by atoms with Crippen LogP contribution in [0.4, 0.5) is 19.0 Å². The van der Waals surface area contributed by atoms with E-state index in [2.05, 4.69) is 67.0 Å². The molecule has 204 valence electrons. The Morgan fingerprint density at radius 1 is 1.11 bits per heavy atom. The normalized spacial score (nSPS) is 11.2. The number of thioether (sulfide) groups is 1. The number of carbonyl (C=O) groups is 1. The number of aromatic nitrogens is 2. The predicted molar refractivity (Wildman–Crippen MR) is 144 cm³/mol. The lowest BCUT2D eigenvalue weighted by Crippen LogP contribution is -2.21. The van der Waals surface area contributed by atoms with Gasteiger partial charge in [0, 0.05) is 23.2 Å². The van der Waals surface area contributed by atoms with Crippen molar-refractivity contribution in [2.45, 2.75) is 70.4 Å². The lowest BCUT2D eigenvalue weighted by Gasteiger charge is -2.12. The van der Waals surface area contributed by atoms with E-state index in [-0.39, 0.29) is 0 Å². The number of ether oxygens (including phenoxy) is 1. The second kappa shape index (κ2) is 14.8. The third-order valence-corrected chi connectivity index (χ3v) is 6.67. The van der Waals surface area contributed by atoms with Crippen molar-refractivity contribution in [1.82, 2.24) is 9.38 Å². The second-order valence-corrected chi connectivity index (χ2v) is 9.74. The van der Waals surface area contributed by atoms with Gasteiger partial charge in [0.1, 0.15) is 22.9 Å². The highest BCUT2D eigenvalue weighted by molar-refractivity contribution is 7.99. The number of nitrogens with zero attached hydrogens (tertiary/aromatic N) is 2. The summed E-state index contributed by atoms with van der Waals surface area (Å²) in [5, 5.41) is 10.7. The summed E-state index contributed by atoms with van der Waals surface area (Å²) in [6.07, 6.45) is 4.51. The number of unbranched alkanes of at least 4 members (excludes halogenated alkanes) is 4. The van der Waals surface area contributed by atoms with Gasteiger partial charge in [-0.15, -0.1) is 11.8 Å². The van der Waals surface area contributed by atoms with Crippen LogP contribution in [0.2, 0.25) is 0 Å². The first-order chi connectivity index (χ1) is 17.6. The molecule has 0 fully saturated rings. The van der Waals surface area contributed by atoms with Crippen LogP contribution in [0.25, 0.3) is 16.9 Å². The number of nitrogens with one attached hydrogen (secondary N) is 1. The molecule has 0 saturated carbocycles. The van der Waals surface area contributed by atoms with Crippen LogP contribution >= 0.6 is 11.8 Å². The highest BCUT2D eigenvalue weighted by Crippen LogP contribution is 2.36. The Bertz CT molecular complexity index is 1150. The average molecular weight is 540 g/mol. The molecule has 10 heteroatoms. The maximum absolute atomic E-state index is 10.6. The molecule has 0 spiro atoms. The van der Waals surface area contributed by atoms with Crippen LogP contribution in [0.15, 0.2) is 41.4 Å². The molecule has 0 atom stereocenters. The van der Waals surface area contributed by atoms with Crippen molar-refractivity contribution in [3.05, 3.63) is 42.1 Å². The van der Waals surface area contributed by atoms with Crippen molar-refractivity contribution >= 4 is 29.2 Å². The monoisotopic (exact) mass is 539 g/mol. The number of alkyl halides is 3. The number of hydrogen-bond donors (Lipinski definition) is 2.